The molecule has 0 unspecified atom stereocenters. The van der Waals surface area contributed by atoms with E-state index in [-0.39, 0.29) is 17.0 Å². The summed E-state index contributed by atoms with van der Waals surface area (Å²) in [7, 11) is 0. The molecule has 1 N–H and O–H groups in total. The maximum atomic E-state index is 10.4. The number of benzene rings is 1. The van der Waals surface area contributed by atoms with E-state index in [1.165, 1.54) is 0 Å². The Morgan fingerprint density at radius 1 is 1.64 bits per heavy atom. The molecule has 0 saturated carbocycles. The maximum absolute atomic E-state index is 10.4. The first-order valence-electron chi connectivity index (χ1n) is 3.68. The van der Waals surface area contributed by atoms with Gasteiger partial charge in [0.15, 0.2) is 0 Å². The van der Waals surface area contributed by atoms with E-state index in [1.54, 1.807) is 12.1 Å². The van der Waals surface area contributed by atoms with E-state index in [2.05, 4.69) is 12.6 Å². The average molecular weight is 228 g/mol. The maximum Gasteiger partial charge on any atom is 0.307 e. The Kier molecular flexibility index (Phi) is 3.39. The Hall–Kier alpha value is -1.18. The van der Waals surface area contributed by atoms with Crippen LogP contribution in [0.2, 0.25) is 5.02 Å². The number of carboxylic acid groups (broad SMARTS) is 1. The van der Waals surface area contributed by atoms with Crippen molar-refractivity contribution in [2.45, 2.75) is 11.3 Å². The summed E-state index contributed by atoms with van der Waals surface area (Å²) in [5.74, 6) is -0.984. The van der Waals surface area contributed by atoms with E-state index >= 15 is 0 Å². The third-order valence-corrected chi connectivity index (χ3v) is 2.46. The topological polar surface area (TPSA) is 61.1 Å². The van der Waals surface area contributed by atoms with Gasteiger partial charge in [-0.1, -0.05) is 17.7 Å². The van der Waals surface area contributed by atoms with Crippen molar-refractivity contribution in [3.8, 4) is 6.07 Å². The fraction of sp³-hybridized carbons (Fsp3) is 0.111. The standard InChI is InChI=1S/C9H6ClNO2S/c10-9-5(3-8(12)13)1-2-7(14)6(9)4-11/h1-2,14H,3H2,(H,12,13). The third kappa shape index (κ3) is 2.19. The molecule has 72 valence electrons. The second-order valence-electron chi connectivity index (χ2n) is 2.62. The number of nitriles is 1. The molecule has 3 nitrogen and oxygen atoms in total. The molecule has 1 aromatic rings. The molecule has 5 heteroatoms. The lowest BCUT2D eigenvalue weighted by molar-refractivity contribution is -0.136. The minimum atomic E-state index is -0.984. The lowest BCUT2D eigenvalue weighted by Crippen LogP contribution is -2.01. The summed E-state index contributed by atoms with van der Waals surface area (Å²) < 4.78 is 0. The molecule has 0 aliphatic rings. The number of nitrogens with zero attached hydrogens (tertiary/aromatic N) is 1. The summed E-state index contributed by atoms with van der Waals surface area (Å²) in [4.78, 5) is 10.9. The number of aliphatic carboxylic acids is 1. The van der Waals surface area contributed by atoms with Crippen molar-refractivity contribution in [3.63, 3.8) is 0 Å². The summed E-state index contributed by atoms with van der Waals surface area (Å²) in [5.41, 5.74) is 0.641. The molecule has 0 aromatic heterocycles. The van der Waals surface area contributed by atoms with Gasteiger partial charge in [-0.2, -0.15) is 5.26 Å². The van der Waals surface area contributed by atoms with Crippen LogP contribution in [-0.2, 0) is 11.2 Å². The predicted octanol–water partition coefficient (Wildman–Crippen LogP) is 2.13. The molecule has 0 aliphatic heterocycles. The molecular weight excluding hydrogens is 222 g/mol. The highest BCUT2D eigenvalue weighted by Gasteiger charge is 2.11. The first-order valence-corrected chi connectivity index (χ1v) is 4.51. The molecule has 0 amide bonds. The fourth-order valence-electron chi connectivity index (χ4n) is 1.01. The molecule has 0 spiro atoms. The minimum Gasteiger partial charge on any atom is -0.481 e. The van der Waals surface area contributed by atoms with Crippen LogP contribution < -0.4 is 0 Å². The minimum absolute atomic E-state index is 0.169. The summed E-state index contributed by atoms with van der Waals surface area (Å²) in [6.07, 6.45) is -0.193. The number of carbonyl (C=O) groups is 1. The van der Waals surface area contributed by atoms with Gasteiger partial charge >= 0.3 is 5.97 Å². The summed E-state index contributed by atoms with van der Waals surface area (Å²) >= 11 is 9.85. The van der Waals surface area contributed by atoms with Crippen LogP contribution in [0.5, 0.6) is 0 Å². The molecule has 0 heterocycles. The molecule has 0 aliphatic carbocycles. The Morgan fingerprint density at radius 3 is 2.79 bits per heavy atom. The van der Waals surface area contributed by atoms with Crippen molar-refractivity contribution < 1.29 is 9.90 Å². The van der Waals surface area contributed by atoms with Crippen LogP contribution in [-0.4, -0.2) is 11.1 Å². The number of rotatable bonds is 2. The van der Waals surface area contributed by atoms with Gasteiger partial charge < -0.3 is 5.11 Å². The van der Waals surface area contributed by atoms with Crippen molar-refractivity contribution in [2.24, 2.45) is 0 Å². The second-order valence-corrected chi connectivity index (χ2v) is 3.47. The van der Waals surface area contributed by atoms with Gasteiger partial charge in [-0.15, -0.1) is 12.6 Å². The van der Waals surface area contributed by atoms with E-state index in [9.17, 15) is 4.79 Å². The van der Waals surface area contributed by atoms with E-state index in [1.807, 2.05) is 6.07 Å². The molecule has 0 bridgehead atoms. The summed E-state index contributed by atoms with van der Waals surface area (Å²) in [6.45, 7) is 0. The van der Waals surface area contributed by atoms with Crippen LogP contribution in [0.25, 0.3) is 0 Å². The first kappa shape index (κ1) is 10.9. The van der Waals surface area contributed by atoms with Crippen molar-refractivity contribution in [1.82, 2.24) is 0 Å². The highest BCUT2D eigenvalue weighted by molar-refractivity contribution is 7.80. The van der Waals surface area contributed by atoms with Gasteiger partial charge in [0.1, 0.15) is 6.07 Å². The van der Waals surface area contributed by atoms with Crippen LogP contribution in [0, 0.1) is 11.3 Å². The van der Waals surface area contributed by atoms with Gasteiger partial charge in [-0.05, 0) is 11.6 Å². The van der Waals surface area contributed by atoms with Gasteiger partial charge in [0.2, 0.25) is 0 Å². The van der Waals surface area contributed by atoms with Gasteiger partial charge in [-0.25, -0.2) is 0 Å². The Labute approximate surface area is 91.3 Å². The SMILES string of the molecule is N#Cc1c(S)ccc(CC(=O)O)c1Cl. The van der Waals surface area contributed by atoms with E-state index in [0.29, 0.717) is 10.5 Å². The zero-order valence-electron chi connectivity index (χ0n) is 6.99. The van der Waals surface area contributed by atoms with E-state index in [4.69, 9.17) is 22.0 Å². The number of thiol groups is 1. The van der Waals surface area contributed by atoms with Gasteiger partial charge in [0, 0.05) is 4.90 Å². The molecule has 0 fully saturated rings. The quantitative estimate of drug-likeness (QED) is 0.761. The molecular formula is C9H6ClNO2S. The molecule has 14 heavy (non-hydrogen) atoms. The van der Waals surface area contributed by atoms with Crippen molar-refractivity contribution in [1.29, 1.82) is 5.26 Å². The molecule has 1 aromatic carbocycles. The van der Waals surface area contributed by atoms with Crippen LogP contribution in [0.15, 0.2) is 17.0 Å². The molecule has 0 atom stereocenters. The Bertz CT molecular complexity index is 426. The number of halogens is 1. The number of hydrogen-bond donors (Lipinski definition) is 2. The Balaban J connectivity index is 3.23. The predicted molar refractivity (Wildman–Crippen MR) is 54.8 cm³/mol. The van der Waals surface area contributed by atoms with E-state index < -0.39 is 5.97 Å². The van der Waals surface area contributed by atoms with E-state index in [0.717, 1.165) is 0 Å². The first-order chi connectivity index (χ1) is 6.56. The highest BCUT2D eigenvalue weighted by Crippen LogP contribution is 2.26. The fourth-order valence-corrected chi connectivity index (χ4v) is 1.59. The zero-order chi connectivity index (χ0) is 10.7. The third-order valence-electron chi connectivity index (χ3n) is 1.65. The molecule has 1 rings (SSSR count). The van der Waals surface area contributed by atoms with Gasteiger partial charge in [0.25, 0.3) is 0 Å². The zero-order valence-corrected chi connectivity index (χ0v) is 8.64. The number of carboxylic acids is 1. The van der Waals surface area contributed by atoms with Crippen LogP contribution >= 0.6 is 24.2 Å². The average Bonchev–Trinajstić information content (AvgIpc) is 2.10. The van der Waals surface area contributed by atoms with Crippen molar-refractivity contribution in [2.75, 3.05) is 0 Å². The van der Waals surface area contributed by atoms with Crippen LogP contribution in [0.1, 0.15) is 11.1 Å². The van der Waals surface area contributed by atoms with Crippen LogP contribution in [0.3, 0.4) is 0 Å². The molecule has 0 saturated heterocycles. The van der Waals surface area contributed by atoms with Crippen LogP contribution in [0.4, 0.5) is 0 Å². The van der Waals surface area contributed by atoms with Crippen molar-refractivity contribution in [3.05, 3.63) is 28.3 Å². The van der Waals surface area contributed by atoms with Crippen molar-refractivity contribution >= 4 is 30.2 Å². The summed E-state index contributed by atoms with van der Waals surface area (Å²) in [6, 6.07) is 4.99. The van der Waals surface area contributed by atoms with Gasteiger partial charge in [0.05, 0.1) is 17.0 Å². The molecule has 0 radical (unpaired) electrons. The number of hydrogen-bond acceptors (Lipinski definition) is 3. The lowest BCUT2D eigenvalue weighted by Gasteiger charge is -2.04. The summed E-state index contributed by atoms with van der Waals surface area (Å²) in [5, 5.41) is 17.5. The normalized spacial score (nSPS) is 9.50. The smallest absolute Gasteiger partial charge is 0.307 e. The highest BCUT2D eigenvalue weighted by atomic mass is 35.5. The second kappa shape index (κ2) is 4.36. The van der Waals surface area contributed by atoms with Gasteiger partial charge in [-0.3, -0.25) is 4.79 Å². The lowest BCUT2D eigenvalue weighted by atomic mass is 10.1. The monoisotopic (exact) mass is 227 g/mol. The Morgan fingerprint density at radius 2 is 2.29 bits per heavy atom. The largest absolute Gasteiger partial charge is 0.481 e.